The van der Waals surface area contributed by atoms with Crippen LogP contribution >= 0.6 is 0 Å². The molecule has 0 radical (unpaired) electrons. The van der Waals surface area contributed by atoms with E-state index in [1.165, 1.54) is 102 Å². The van der Waals surface area contributed by atoms with Gasteiger partial charge in [0.1, 0.15) is 5.75 Å². The minimum Gasteiger partial charge on any atom is -0.493 e. The van der Waals surface area contributed by atoms with Crippen LogP contribution in [0.25, 0.3) is 6.08 Å². The van der Waals surface area contributed by atoms with Crippen molar-refractivity contribution in [3.8, 4) is 5.75 Å². The topological polar surface area (TPSA) is 35.5 Å². The van der Waals surface area contributed by atoms with Gasteiger partial charge in [-0.3, -0.25) is 0 Å². The second-order valence-corrected chi connectivity index (χ2v) is 8.63. The Morgan fingerprint density at radius 3 is 2.23 bits per heavy atom. The molecule has 0 aromatic heterocycles. The molecule has 2 rings (SSSR count). The Bertz CT molecular complexity index is 629. The number of unbranched alkanes of at least 4 members (excludes halogenated alkanes) is 9. The van der Waals surface area contributed by atoms with Gasteiger partial charge in [-0.2, -0.15) is 0 Å². The molecule has 3 nitrogen and oxygen atoms in total. The molecule has 1 aromatic rings. The minimum atomic E-state index is -0.332. The van der Waals surface area contributed by atoms with Gasteiger partial charge in [-0.15, -0.1) is 0 Å². The SMILES string of the molecule is CCCCCCCCCCCCOc1c(C=CC(=O)OC)cccc1C1CCCC1. The fourth-order valence-electron chi connectivity index (χ4n) is 4.42. The Hall–Kier alpha value is -1.77. The lowest BCUT2D eigenvalue weighted by Crippen LogP contribution is -2.05. The molecule has 0 saturated heterocycles. The molecule has 168 valence electrons. The van der Waals surface area contributed by atoms with Gasteiger partial charge in [-0.1, -0.05) is 95.8 Å². The monoisotopic (exact) mass is 414 g/mol. The van der Waals surface area contributed by atoms with Gasteiger partial charge in [0.05, 0.1) is 13.7 Å². The summed E-state index contributed by atoms with van der Waals surface area (Å²) in [6.07, 6.45) is 21.6. The molecule has 1 aliphatic rings. The van der Waals surface area contributed by atoms with E-state index in [1.54, 1.807) is 0 Å². The summed E-state index contributed by atoms with van der Waals surface area (Å²) in [6.45, 7) is 3.02. The van der Waals surface area contributed by atoms with Crippen LogP contribution in [0.4, 0.5) is 0 Å². The van der Waals surface area contributed by atoms with Crippen LogP contribution in [0.3, 0.4) is 0 Å². The van der Waals surface area contributed by atoms with Crippen LogP contribution in [0.2, 0.25) is 0 Å². The highest BCUT2D eigenvalue weighted by Crippen LogP contribution is 2.40. The van der Waals surface area contributed by atoms with Gasteiger partial charge in [0, 0.05) is 11.6 Å². The maximum Gasteiger partial charge on any atom is 0.330 e. The van der Waals surface area contributed by atoms with E-state index in [0.717, 1.165) is 24.3 Å². The average Bonchev–Trinajstić information content (AvgIpc) is 3.30. The van der Waals surface area contributed by atoms with Gasteiger partial charge in [0.25, 0.3) is 0 Å². The first kappa shape index (κ1) is 24.5. The first-order chi connectivity index (χ1) is 14.8. The van der Waals surface area contributed by atoms with Crippen molar-refractivity contribution in [2.45, 2.75) is 103 Å². The number of esters is 1. The standard InChI is InChI=1S/C27H42O3/c1-3-4-5-6-7-8-9-10-11-14-22-30-27-24(20-21-26(28)29-2)18-15-19-25(27)23-16-12-13-17-23/h15,18-21,23H,3-14,16-17,22H2,1-2H3. The van der Waals surface area contributed by atoms with Crippen molar-refractivity contribution >= 4 is 12.0 Å². The number of ether oxygens (including phenoxy) is 2. The first-order valence-corrected chi connectivity index (χ1v) is 12.3. The molecule has 0 atom stereocenters. The molecule has 1 saturated carbocycles. The minimum absolute atomic E-state index is 0.332. The number of carbonyl (C=O) groups is 1. The molecule has 0 N–H and O–H groups in total. The normalized spacial score (nSPS) is 14.5. The van der Waals surface area contributed by atoms with Crippen LogP contribution < -0.4 is 4.74 Å². The summed E-state index contributed by atoms with van der Waals surface area (Å²) in [4.78, 5) is 11.5. The lowest BCUT2D eigenvalue weighted by Gasteiger charge is -2.18. The third kappa shape index (κ3) is 8.93. The van der Waals surface area contributed by atoms with E-state index < -0.39 is 0 Å². The average molecular weight is 415 g/mol. The van der Waals surface area contributed by atoms with Gasteiger partial charge in [0.15, 0.2) is 0 Å². The molecule has 0 unspecified atom stereocenters. The Labute approximate surface area is 184 Å². The number of carbonyl (C=O) groups excluding carboxylic acids is 1. The van der Waals surface area contributed by atoms with Gasteiger partial charge >= 0.3 is 5.97 Å². The summed E-state index contributed by atoms with van der Waals surface area (Å²) in [7, 11) is 1.41. The number of benzene rings is 1. The molecular weight excluding hydrogens is 372 g/mol. The van der Waals surface area contributed by atoms with E-state index >= 15 is 0 Å². The first-order valence-electron chi connectivity index (χ1n) is 12.3. The highest BCUT2D eigenvalue weighted by Gasteiger charge is 2.22. The van der Waals surface area contributed by atoms with Crippen molar-refractivity contribution in [2.75, 3.05) is 13.7 Å². The Morgan fingerprint density at radius 2 is 1.60 bits per heavy atom. The van der Waals surface area contributed by atoms with E-state index in [2.05, 4.69) is 19.1 Å². The van der Waals surface area contributed by atoms with Gasteiger partial charge in [0.2, 0.25) is 0 Å². The summed E-state index contributed by atoms with van der Waals surface area (Å²) >= 11 is 0. The van der Waals surface area contributed by atoms with Crippen LogP contribution in [-0.4, -0.2) is 19.7 Å². The lowest BCUT2D eigenvalue weighted by atomic mass is 9.94. The predicted molar refractivity (Wildman–Crippen MR) is 126 cm³/mol. The zero-order valence-corrected chi connectivity index (χ0v) is 19.3. The number of hydrogen-bond donors (Lipinski definition) is 0. The van der Waals surface area contributed by atoms with Gasteiger partial charge < -0.3 is 9.47 Å². The molecule has 0 spiro atoms. The second-order valence-electron chi connectivity index (χ2n) is 8.63. The maximum atomic E-state index is 11.5. The lowest BCUT2D eigenvalue weighted by molar-refractivity contribution is -0.134. The van der Waals surface area contributed by atoms with E-state index in [9.17, 15) is 4.79 Å². The third-order valence-corrected chi connectivity index (χ3v) is 6.22. The molecule has 0 amide bonds. The summed E-state index contributed by atoms with van der Waals surface area (Å²) in [5.74, 6) is 1.22. The number of para-hydroxylation sites is 1. The number of rotatable bonds is 15. The summed E-state index contributed by atoms with van der Waals surface area (Å²) in [6, 6.07) is 6.32. The van der Waals surface area contributed by atoms with Crippen molar-refractivity contribution in [1.82, 2.24) is 0 Å². The third-order valence-electron chi connectivity index (χ3n) is 6.22. The molecular formula is C27H42O3. The number of methoxy groups -OCH3 is 1. The molecule has 1 fully saturated rings. The zero-order valence-electron chi connectivity index (χ0n) is 19.3. The van der Waals surface area contributed by atoms with Crippen LogP contribution in [0, 0.1) is 0 Å². The van der Waals surface area contributed by atoms with E-state index in [4.69, 9.17) is 9.47 Å². The zero-order chi connectivity index (χ0) is 21.4. The Balaban J connectivity index is 1.81. The van der Waals surface area contributed by atoms with Crippen LogP contribution in [0.1, 0.15) is 114 Å². The fourth-order valence-corrected chi connectivity index (χ4v) is 4.42. The summed E-state index contributed by atoms with van der Waals surface area (Å²) in [5.41, 5.74) is 2.29. The fraction of sp³-hybridized carbons (Fsp3) is 0.667. The van der Waals surface area contributed by atoms with E-state index in [1.807, 2.05) is 12.1 Å². The van der Waals surface area contributed by atoms with E-state index in [-0.39, 0.29) is 5.97 Å². The Morgan fingerprint density at radius 1 is 0.967 bits per heavy atom. The van der Waals surface area contributed by atoms with Crippen LogP contribution in [0.5, 0.6) is 5.75 Å². The summed E-state index contributed by atoms with van der Waals surface area (Å²) < 4.78 is 11.1. The molecule has 0 bridgehead atoms. The van der Waals surface area contributed by atoms with Gasteiger partial charge in [-0.25, -0.2) is 4.79 Å². The van der Waals surface area contributed by atoms with Gasteiger partial charge in [-0.05, 0) is 36.8 Å². The van der Waals surface area contributed by atoms with Crippen molar-refractivity contribution in [3.05, 3.63) is 35.4 Å². The maximum absolute atomic E-state index is 11.5. The van der Waals surface area contributed by atoms with Crippen molar-refractivity contribution < 1.29 is 14.3 Å². The molecule has 0 heterocycles. The predicted octanol–water partition coefficient (Wildman–Crippen LogP) is 7.83. The molecule has 0 aliphatic heterocycles. The Kier molecular flexibility index (Phi) is 12.3. The molecule has 1 aromatic carbocycles. The highest BCUT2D eigenvalue weighted by molar-refractivity contribution is 5.87. The second kappa shape index (κ2) is 15.1. The summed E-state index contributed by atoms with van der Waals surface area (Å²) in [5, 5.41) is 0. The van der Waals surface area contributed by atoms with Crippen molar-refractivity contribution in [3.63, 3.8) is 0 Å². The highest BCUT2D eigenvalue weighted by atomic mass is 16.5. The van der Waals surface area contributed by atoms with Crippen LogP contribution in [-0.2, 0) is 9.53 Å². The van der Waals surface area contributed by atoms with Crippen molar-refractivity contribution in [1.29, 1.82) is 0 Å². The van der Waals surface area contributed by atoms with E-state index in [0.29, 0.717) is 5.92 Å². The smallest absolute Gasteiger partial charge is 0.330 e. The van der Waals surface area contributed by atoms with Crippen molar-refractivity contribution in [2.24, 2.45) is 0 Å². The molecule has 3 heteroatoms. The number of hydrogen-bond acceptors (Lipinski definition) is 3. The van der Waals surface area contributed by atoms with Crippen LogP contribution in [0.15, 0.2) is 24.3 Å². The molecule has 30 heavy (non-hydrogen) atoms. The largest absolute Gasteiger partial charge is 0.493 e. The quantitative estimate of drug-likeness (QED) is 0.167. The molecule has 1 aliphatic carbocycles.